The predicted molar refractivity (Wildman–Crippen MR) is 91.0 cm³/mol. The second kappa shape index (κ2) is 8.70. The largest absolute Gasteiger partial charge is 0.462 e. The fourth-order valence-corrected chi connectivity index (χ4v) is 2.64. The minimum Gasteiger partial charge on any atom is -0.462 e. The van der Waals surface area contributed by atoms with Crippen LogP contribution in [-0.4, -0.2) is 47.9 Å². The highest BCUT2D eigenvalue weighted by atomic mass is 19.4. The first kappa shape index (κ1) is 20.5. The second-order valence-electron chi connectivity index (χ2n) is 5.86. The summed E-state index contributed by atoms with van der Waals surface area (Å²) in [5, 5.41) is 2.66. The number of nitrogens with one attached hydrogen (secondary N) is 1. The van der Waals surface area contributed by atoms with E-state index in [1.165, 1.54) is 29.2 Å². The van der Waals surface area contributed by atoms with Crippen LogP contribution in [0.15, 0.2) is 36.5 Å². The number of halogens is 3. The van der Waals surface area contributed by atoms with Gasteiger partial charge in [0.05, 0.1) is 12.2 Å². The van der Waals surface area contributed by atoms with Crippen LogP contribution >= 0.6 is 0 Å². The van der Waals surface area contributed by atoms with E-state index in [0.29, 0.717) is 36.7 Å². The van der Waals surface area contributed by atoms with Crippen molar-refractivity contribution in [2.24, 2.45) is 0 Å². The van der Waals surface area contributed by atoms with E-state index in [4.69, 9.17) is 4.74 Å². The first-order valence-electron chi connectivity index (χ1n) is 8.35. The molecule has 1 aliphatic rings. The van der Waals surface area contributed by atoms with Crippen molar-refractivity contribution in [1.82, 2.24) is 4.90 Å². The molecule has 1 saturated heterocycles. The number of rotatable bonds is 6. The third kappa shape index (κ3) is 5.57. The van der Waals surface area contributed by atoms with Crippen LogP contribution in [0.2, 0.25) is 0 Å². The molecular formula is C18H19F3N2O4. The molecule has 1 atom stereocenters. The Morgan fingerprint density at radius 2 is 1.93 bits per heavy atom. The SMILES string of the molecule is CCOC(=O)c1ccc(NC(=O)[C@H]2CCCN2/C=C/C(=O)C(F)(F)F)cc1. The Balaban J connectivity index is 1.99. The van der Waals surface area contributed by atoms with Gasteiger partial charge >= 0.3 is 12.1 Å². The minimum atomic E-state index is -4.94. The first-order chi connectivity index (χ1) is 12.7. The number of hydrogen-bond acceptors (Lipinski definition) is 5. The molecule has 0 bridgehead atoms. The fourth-order valence-electron chi connectivity index (χ4n) is 2.64. The molecule has 0 unspecified atom stereocenters. The normalized spacial score (nSPS) is 17.2. The van der Waals surface area contributed by atoms with Crippen molar-refractivity contribution >= 4 is 23.3 Å². The topological polar surface area (TPSA) is 75.7 Å². The molecule has 27 heavy (non-hydrogen) atoms. The van der Waals surface area contributed by atoms with Crippen LogP contribution in [0, 0.1) is 0 Å². The third-order valence-corrected chi connectivity index (χ3v) is 3.96. The average Bonchev–Trinajstić information content (AvgIpc) is 3.08. The van der Waals surface area contributed by atoms with Crippen LogP contribution in [0.4, 0.5) is 18.9 Å². The number of benzene rings is 1. The molecule has 0 aliphatic carbocycles. The number of esters is 1. The van der Waals surface area contributed by atoms with Crippen LogP contribution in [0.25, 0.3) is 0 Å². The van der Waals surface area contributed by atoms with Gasteiger partial charge in [-0.15, -0.1) is 0 Å². The van der Waals surface area contributed by atoms with Crippen LogP contribution in [0.1, 0.15) is 30.1 Å². The highest BCUT2D eigenvalue weighted by Gasteiger charge is 2.37. The van der Waals surface area contributed by atoms with Crippen molar-refractivity contribution in [2.45, 2.75) is 32.0 Å². The van der Waals surface area contributed by atoms with Crippen molar-refractivity contribution in [2.75, 3.05) is 18.5 Å². The molecule has 0 spiro atoms. The van der Waals surface area contributed by atoms with Gasteiger partial charge in [0.2, 0.25) is 5.91 Å². The van der Waals surface area contributed by atoms with Crippen molar-refractivity contribution in [1.29, 1.82) is 0 Å². The third-order valence-electron chi connectivity index (χ3n) is 3.96. The van der Waals surface area contributed by atoms with Crippen LogP contribution in [0.5, 0.6) is 0 Å². The van der Waals surface area contributed by atoms with E-state index in [-0.39, 0.29) is 6.61 Å². The van der Waals surface area contributed by atoms with E-state index >= 15 is 0 Å². The van der Waals surface area contributed by atoms with Gasteiger partial charge in [0.25, 0.3) is 5.78 Å². The van der Waals surface area contributed by atoms with Crippen LogP contribution in [-0.2, 0) is 14.3 Å². The van der Waals surface area contributed by atoms with E-state index < -0.39 is 29.9 Å². The number of hydrogen-bond donors (Lipinski definition) is 1. The Kier molecular flexibility index (Phi) is 6.59. The fraction of sp³-hybridized carbons (Fsp3) is 0.389. The van der Waals surface area contributed by atoms with Crippen LogP contribution in [0.3, 0.4) is 0 Å². The van der Waals surface area contributed by atoms with Gasteiger partial charge in [-0.3, -0.25) is 9.59 Å². The monoisotopic (exact) mass is 384 g/mol. The molecular weight excluding hydrogens is 365 g/mol. The lowest BCUT2D eigenvalue weighted by Gasteiger charge is -2.22. The van der Waals surface area contributed by atoms with Gasteiger partial charge in [-0.2, -0.15) is 13.2 Å². The summed E-state index contributed by atoms with van der Waals surface area (Å²) in [5.41, 5.74) is 0.779. The Hall–Kier alpha value is -2.84. The highest BCUT2D eigenvalue weighted by Crippen LogP contribution is 2.21. The second-order valence-corrected chi connectivity index (χ2v) is 5.86. The van der Waals surface area contributed by atoms with E-state index in [9.17, 15) is 27.6 Å². The number of carbonyl (C=O) groups is 3. The number of ether oxygens (including phenoxy) is 1. The number of alkyl halides is 3. The Labute approximate surface area is 154 Å². The molecule has 0 saturated carbocycles. The lowest BCUT2D eigenvalue weighted by atomic mass is 10.1. The summed E-state index contributed by atoms with van der Waals surface area (Å²) in [7, 11) is 0. The summed E-state index contributed by atoms with van der Waals surface area (Å²) in [4.78, 5) is 36.4. The molecule has 1 aromatic carbocycles. The number of likely N-dealkylation sites (tertiary alicyclic amines) is 1. The molecule has 1 N–H and O–H groups in total. The summed E-state index contributed by atoms with van der Waals surface area (Å²) in [5.74, 6) is -2.85. The summed E-state index contributed by atoms with van der Waals surface area (Å²) < 4.78 is 41.7. The van der Waals surface area contributed by atoms with Gasteiger partial charge in [0.15, 0.2) is 0 Å². The zero-order valence-corrected chi connectivity index (χ0v) is 14.6. The zero-order valence-electron chi connectivity index (χ0n) is 14.6. The molecule has 1 amide bonds. The summed E-state index contributed by atoms with van der Waals surface area (Å²) >= 11 is 0. The smallest absolute Gasteiger partial charge is 0.454 e. The summed E-state index contributed by atoms with van der Waals surface area (Å²) in [6.07, 6.45) is -2.42. The Morgan fingerprint density at radius 1 is 1.26 bits per heavy atom. The maximum atomic E-state index is 12.4. The molecule has 9 heteroatoms. The minimum absolute atomic E-state index is 0.249. The predicted octanol–water partition coefficient (Wildman–Crippen LogP) is 2.91. The van der Waals surface area contributed by atoms with Crippen molar-refractivity contribution in [3.05, 3.63) is 42.1 Å². The van der Waals surface area contributed by atoms with Gasteiger partial charge in [-0.1, -0.05) is 0 Å². The van der Waals surface area contributed by atoms with Gasteiger partial charge in [0, 0.05) is 24.5 Å². The molecule has 6 nitrogen and oxygen atoms in total. The van der Waals surface area contributed by atoms with Gasteiger partial charge < -0.3 is 15.0 Å². The van der Waals surface area contributed by atoms with Crippen molar-refractivity contribution in [3.63, 3.8) is 0 Å². The molecule has 146 valence electrons. The van der Waals surface area contributed by atoms with Gasteiger partial charge in [-0.25, -0.2) is 4.79 Å². The summed E-state index contributed by atoms with van der Waals surface area (Å²) in [6.45, 7) is 2.32. The Morgan fingerprint density at radius 3 is 2.52 bits per heavy atom. The van der Waals surface area contributed by atoms with Crippen molar-refractivity contribution < 1.29 is 32.3 Å². The first-order valence-corrected chi connectivity index (χ1v) is 8.35. The van der Waals surface area contributed by atoms with Crippen LogP contribution < -0.4 is 5.32 Å². The van der Waals surface area contributed by atoms with Crippen molar-refractivity contribution in [3.8, 4) is 0 Å². The summed E-state index contributed by atoms with van der Waals surface area (Å²) in [6, 6.07) is 5.40. The lowest BCUT2D eigenvalue weighted by Crippen LogP contribution is -2.36. The molecule has 1 aromatic rings. The van der Waals surface area contributed by atoms with E-state index in [0.717, 1.165) is 6.20 Å². The van der Waals surface area contributed by atoms with E-state index in [2.05, 4.69) is 5.32 Å². The average molecular weight is 384 g/mol. The Bertz CT molecular complexity index is 729. The number of nitrogens with zero attached hydrogens (tertiary/aromatic N) is 1. The highest BCUT2D eigenvalue weighted by molar-refractivity contribution is 5.97. The van der Waals surface area contributed by atoms with Gasteiger partial charge in [0.1, 0.15) is 6.04 Å². The number of allylic oxidation sites excluding steroid dienone is 1. The standard InChI is InChI=1S/C18H19F3N2O4/c1-2-27-17(26)12-5-7-13(8-6-12)22-16(25)14-4-3-10-23(14)11-9-15(24)18(19,20)21/h5-9,11,14H,2-4,10H2,1H3,(H,22,25)/b11-9+/t14-/m1/s1. The maximum absolute atomic E-state index is 12.4. The molecule has 1 aliphatic heterocycles. The number of carbonyl (C=O) groups excluding carboxylic acids is 3. The molecule has 1 heterocycles. The zero-order chi connectivity index (χ0) is 20.0. The number of anilines is 1. The maximum Gasteiger partial charge on any atom is 0.454 e. The lowest BCUT2D eigenvalue weighted by molar-refractivity contribution is -0.165. The van der Waals surface area contributed by atoms with E-state index in [1.54, 1.807) is 6.92 Å². The molecule has 0 radical (unpaired) electrons. The number of amides is 1. The molecule has 0 aromatic heterocycles. The quantitative estimate of drug-likeness (QED) is 0.603. The number of ketones is 1. The van der Waals surface area contributed by atoms with E-state index in [1.807, 2.05) is 0 Å². The van der Waals surface area contributed by atoms with Gasteiger partial charge in [-0.05, 0) is 44.0 Å². The molecule has 2 rings (SSSR count). The molecule has 1 fully saturated rings.